The molecule has 1 fully saturated rings. The maximum absolute atomic E-state index is 16.2. The summed E-state index contributed by atoms with van der Waals surface area (Å²) in [7, 11) is 1.51. The molecule has 4 aliphatic rings. The quantitative estimate of drug-likeness (QED) is 0.0489. The van der Waals surface area contributed by atoms with Gasteiger partial charge in [-0.25, -0.2) is 4.98 Å². The molecular formula is C57H61N3O8. The summed E-state index contributed by atoms with van der Waals surface area (Å²) in [5.74, 6) is -0.442. The van der Waals surface area contributed by atoms with E-state index in [4.69, 9.17) is 14.5 Å². The van der Waals surface area contributed by atoms with Gasteiger partial charge in [0.2, 0.25) is 5.75 Å². The van der Waals surface area contributed by atoms with Crippen molar-refractivity contribution in [3.8, 4) is 34.5 Å². The van der Waals surface area contributed by atoms with Gasteiger partial charge in [0.15, 0.2) is 23.0 Å². The molecular weight excluding hydrogens is 855 g/mol. The predicted octanol–water partition coefficient (Wildman–Crippen LogP) is 11.3. The lowest BCUT2D eigenvalue weighted by Crippen LogP contribution is -2.50. The average molecular weight is 916 g/mol. The summed E-state index contributed by atoms with van der Waals surface area (Å²) >= 11 is 0. The Balaban J connectivity index is 1.13. The van der Waals surface area contributed by atoms with Crippen LogP contribution >= 0.6 is 0 Å². The first-order valence-corrected chi connectivity index (χ1v) is 24.2. The Kier molecular flexibility index (Phi) is 12.4. The van der Waals surface area contributed by atoms with Gasteiger partial charge in [0.1, 0.15) is 17.4 Å². The second-order valence-electron chi connectivity index (χ2n) is 19.9. The van der Waals surface area contributed by atoms with Gasteiger partial charge in [0, 0.05) is 47.4 Å². The van der Waals surface area contributed by atoms with E-state index < -0.39 is 23.4 Å². The molecule has 3 aliphatic carbocycles. The number of aromatic nitrogens is 2. The van der Waals surface area contributed by atoms with Crippen LogP contribution in [0.15, 0.2) is 109 Å². The number of hydrogen-bond acceptors (Lipinski definition) is 10. The van der Waals surface area contributed by atoms with E-state index in [1.165, 1.54) is 7.11 Å². The summed E-state index contributed by atoms with van der Waals surface area (Å²) in [6.45, 7) is 2.54. The third kappa shape index (κ3) is 8.68. The van der Waals surface area contributed by atoms with Crippen LogP contribution in [0.1, 0.15) is 104 Å². The number of H-pyrrole nitrogens is 1. The molecule has 3 heterocycles. The van der Waals surface area contributed by atoms with Crippen LogP contribution in [0.4, 0.5) is 11.5 Å². The summed E-state index contributed by atoms with van der Waals surface area (Å²) in [6, 6.07) is 24.3. The van der Waals surface area contributed by atoms with Crippen molar-refractivity contribution in [1.82, 2.24) is 9.97 Å². The molecule has 1 spiro atoms. The second kappa shape index (κ2) is 18.8. The summed E-state index contributed by atoms with van der Waals surface area (Å²) in [5.41, 5.74) is 5.42. The molecule has 7 N–H and O–H groups in total. The maximum Gasteiger partial charge on any atom is 0.200 e. The van der Waals surface area contributed by atoms with Gasteiger partial charge in [0.05, 0.1) is 25.7 Å². The van der Waals surface area contributed by atoms with Crippen molar-refractivity contribution in [1.29, 1.82) is 0 Å². The van der Waals surface area contributed by atoms with Gasteiger partial charge >= 0.3 is 0 Å². The number of pyridine rings is 1. The van der Waals surface area contributed by atoms with Crippen molar-refractivity contribution in [2.75, 3.05) is 19.0 Å². The molecule has 4 aromatic carbocycles. The van der Waals surface area contributed by atoms with E-state index in [0.717, 1.165) is 70.1 Å². The minimum absolute atomic E-state index is 0.0269. The molecule has 0 amide bonds. The number of methoxy groups -OCH3 is 1. The number of aromatic amines is 1. The van der Waals surface area contributed by atoms with E-state index >= 15 is 4.79 Å². The Labute approximate surface area is 397 Å². The van der Waals surface area contributed by atoms with Crippen LogP contribution in [0.5, 0.6) is 34.5 Å². The second-order valence-corrected chi connectivity index (χ2v) is 19.9. The molecule has 0 radical (unpaired) electrons. The Morgan fingerprint density at radius 2 is 1.82 bits per heavy atom. The van der Waals surface area contributed by atoms with Crippen molar-refractivity contribution in [2.24, 2.45) is 23.7 Å². The SMILES string of the molecule is COc1cc(CC[C@@H](O)[C@@H]2C(=O)C[C@H](c3cc(O)c(O)c(OC[C@@H]4C=CC[C@@H](C)C4)c3)C[C@@H]3C=Cc4cc(O)cc5ccc(c3c45)Nc3cc(ccn3)[C@@]23CCC[C@@H]3Cc2ccc[nH]2)ccc1O. The molecule has 2 aromatic heterocycles. The van der Waals surface area contributed by atoms with E-state index in [2.05, 4.69) is 47.6 Å². The fraction of sp³-hybridized carbons (Fsp3) is 0.368. The summed E-state index contributed by atoms with van der Waals surface area (Å²) < 4.78 is 11.8. The summed E-state index contributed by atoms with van der Waals surface area (Å²) in [6.07, 6.45) is 17.3. The van der Waals surface area contributed by atoms with Gasteiger partial charge < -0.3 is 45.3 Å². The smallest absolute Gasteiger partial charge is 0.200 e. The highest BCUT2D eigenvalue weighted by molar-refractivity contribution is 6.00. The van der Waals surface area contributed by atoms with Gasteiger partial charge in [-0.05, 0) is 174 Å². The zero-order valence-electron chi connectivity index (χ0n) is 38.7. The van der Waals surface area contributed by atoms with Gasteiger partial charge in [-0.1, -0.05) is 49.8 Å². The number of allylic oxidation sites excluding steroid dienone is 2. The van der Waals surface area contributed by atoms with E-state index in [0.29, 0.717) is 55.3 Å². The Morgan fingerprint density at radius 1 is 0.941 bits per heavy atom. The van der Waals surface area contributed by atoms with Crippen molar-refractivity contribution < 1.29 is 39.8 Å². The lowest BCUT2D eigenvalue weighted by molar-refractivity contribution is -0.132. The monoisotopic (exact) mass is 915 g/mol. The molecule has 68 heavy (non-hydrogen) atoms. The minimum atomic E-state index is -1.08. The van der Waals surface area contributed by atoms with E-state index in [1.54, 1.807) is 42.6 Å². The Morgan fingerprint density at radius 3 is 2.65 bits per heavy atom. The van der Waals surface area contributed by atoms with Crippen molar-refractivity contribution >= 4 is 34.1 Å². The number of benzene rings is 4. The predicted molar refractivity (Wildman–Crippen MR) is 264 cm³/mol. The number of nitrogens with zero attached hydrogens (tertiary/aromatic N) is 1. The average Bonchev–Trinajstić information content (AvgIpc) is 4.01. The molecule has 8 atom stereocenters. The number of carbonyl (C=O) groups is 1. The number of phenolic OH excluding ortho intramolecular Hbond substituents is 4. The van der Waals surface area contributed by atoms with Gasteiger partial charge in [-0.15, -0.1) is 0 Å². The highest BCUT2D eigenvalue weighted by Crippen LogP contribution is 2.56. The van der Waals surface area contributed by atoms with Crippen LogP contribution in [-0.4, -0.2) is 61.1 Å². The number of carbonyl (C=O) groups excluding carboxylic acids is 1. The zero-order chi connectivity index (χ0) is 47.1. The molecule has 352 valence electrons. The lowest BCUT2D eigenvalue weighted by atomic mass is 9.58. The first-order chi connectivity index (χ1) is 33.0. The minimum Gasteiger partial charge on any atom is -0.508 e. The molecule has 1 saturated carbocycles. The number of aliphatic hydroxyl groups excluding tert-OH is 1. The summed E-state index contributed by atoms with van der Waals surface area (Å²) in [5, 5.41) is 62.5. The molecule has 0 saturated heterocycles. The number of Topliss-reactive ketones (excluding diaryl/α,β-unsaturated/α-hetero) is 1. The number of rotatable bonds is 11. The topological polar surface area (TPSA) is 177 Å². The van der Waals surface area contributed by atoms with Crippen molar-refractivity contribution in [2.45, 2.75) is 94.5 Å². The van der Waals surface area contributed by atoms with Crippen LogP contribution in [0.25, 0.3) is 16.8 Å². The van der Waals surface area contributed by atoms with Crippen molar-refractivity contribution in [3.63, 3.8) is 0 Å². The number of fused-ring (bicyclic) bond motifs is 3. The number of nitrogens with one attached hydrogen (secondary N) is 2. The van der Waals surface area contributed by atoms with Crippen LogP contribution in [0.3, 0.4) is 0 Å². The van der Waals surface area contributed by atoms with Crippen LogP contribution in [-0.2, 0) is 23.1 Å². The van der Waals surface area contributed by atoms with E-state index in [-0.39, 0.29) is 65.1 Å². The normalized spacial score (nSPS) is 24.8. The Hall–Kier alpha value is -6.72. The van der Waals surface area contributed by atoms with Crippen LogP contribution in [0.2, 0.25) is 0 Å². The third-order valence-electron chi connectivity index (χ3n) is 15.5. The first kappa shape index (κ1) is 45.1. The fourth-order valence-electron chi connectivity index (χ4n) is 12.4. The number of ether oxygens (including phenoxy) is 2. The van der Waals surface area contributed by atoms with E-state index in [1.807, 2.05) is 42.6 Å². The zero-order valence-corrected chi connectivity index (χ0v) is 38.7. The molecule has 0 unspecified atom stereocenters. The number of aryl methyl sites for hydroxylation is 1. The molecule has 11 nitrogen and oxygen atoms in total. The van der Waals surface area contributed by atoms with Crippen molar-refractivity contribution in [3.05, 3.63) is 143 Å². The van der Waals surface area contributed by atoms with Crippen LogP contribution in [0, 0.1) is 23.7 Å². The molecule has 2 bridgehead atoms. The first-order valence-electron chi connectivity index (χ1n) is 24.2. The number of hydrogen-bond donors (Lipinski definition) is 7. The molecule has 1 aliphatic heterocycles. The molecule has 10 rings (SSSR count). The number of phenols is 4. The number of ketones is 1. The number of aliphatic hydroxyl groups is 1. The highest BCUT2D eigenvalue weighted by atomic mass is 16.5. The lowest BCUT2D eigenvalue weighted by Gasteiger charge is -2.45. The fourth-order valence-corrected chi connectivity index (χ4v) is 12.4. The van der Waals surface area contributed by atoms with E-state index in [9.17, 15) is 25.5 Å². The Bertz CT molecular complexity index is 2890. The number of aromatic hydroxyl groups is 4. The maximum atomic E-state index is 16.2. The van der Waals surface area contributed by atoms with Crippen LogP contribution < -0.4 is 14.8 Å². The summed E-state index contributed by atoms with van der Waals surface area (Å²) in [4.78, 5) is 24.5. The third-order valence-corrected chi connectivity index (χ3v) is 15.5. The standard InChI is InChI=1S/C57H61N3O8/c1-33-6-3-7-35(22-33)32-68-51-29-40(28-49(65)56(51)66)39-24-36-12-13-37-25-44(61)26-38-14-15-45(54(36)53(37)38)60-52-31-42(18-21-59-52)57(19-4-8-41(57)30-43-9-5-20-58-43)55(48(64)27-39)47(63)17-11-34-10-16-46(62)50(23-34)67-2/h3,5,7,9-10,12-16,18,20-21,23,25-26,28-29,31,33,35-36,39,41,47,55,58,61-63,65-66H,4,6,8,11,17,19,22,24,27,30,32H2,1-2H3,(H,59,60)/t33-,35-,36+,39-,41-,47-,55-,57+/m1/s1. The van der Waals surface area contributed by atoms with Gasteiger partial charge in [-0.3, -0.25) is 4.79 Å². The van der Waals surface area contributed by atoms with Gasteiger partial charge in [0.25, 0.3) is 0 Å². The molecule has 6 aromatic rings. The molecule has 11 heteroatoms. The van der Waals surface area contributed by atoms with Gasteiger partial charge in [-0.2, -0.15) is 0 Å². The highest BCUT2D eigenvalue weighted by Gasteiger charge is 2.55. The number of anilines is 2. The largest absolute Gasteiger partial charge is 0.508 e.